The van der Waals surface area contributed by atoms with Gasteiger partial charge in [-0.1, -0.05) is 6.92 Å². The normalized spacial score (nSPS) is 11.8. The van der Waals surface area contributed by atoms with Gasteiger partial charge in [0.25, 0.3) is 0 Å². The summed E-state index contributed by atoms with van der Waals surface area (Å²) in [6.45, 7) is 11.1. The van der Waals surface area contributed by atoms with E-state index in [1.165, 1.54) is 21.3 Å². The molecule has 0 saturated carbocycles. The van der Waals surface area contributed by atoms with Gasteiger partial charge in [-0.05, 0) is 39.7 Å². The Bertz CT molecular complexity index is 700. The summed E-state index contributed by atoms with van der Waals surface area (Å²) in [5.74, 6) is 0.845. The molecule has 7 heteroatoms. The maximum absolute atomic E-state index is 4.68. The molecule has 0 atom stereocenters. The fraction of sp³-hybridized carbons (Fsp3) is 0.611. The lowest BCUT2D eigenvalue weighted by atomic mass is 10.3. The molecule has 25 heavy (non-hydrogen) atoms. The Balaban J connectivity index is 1.67. The number of aromatic nitrogens is 3. The Labute approximate surface area is 154 Å². The van der Waals surface area contributed by atoms with E-state index in [0.717, 1.165) is 50.6 Å². The summed E-state index contributed by atoms with van der Waals surface area (Å²) in [7, 11) is 1.80. The second-order valence-corrected chi connectivity index (χ2v) is 7.43. The first-order chi connectivity index (χ1) is 12.0. The van der Waals surface area contributed by atoms with E-state index in [1.54, 1.807) is 18.4 Å². The molecule has 0 unspecified atom stereocenters. The van der Waals surface area contributed by atoms with Crippen LogP contribution in [-0.4, -0.2) is 40.9 Å². The Morgan fingerprint density at radius 3 is 2.60 bits per heavy atom. The fourth-order valence-electron chi connectivity index (χ4n) is 2.77. The summed E-state index contributed by atoms with van der Waals surface area (Å²) >= 11 is 1.80. The van der Waals surface area contributed by atoms with Crippen LogP contribution in [0.15, 0.2) is 11.1 Å². The minimum atomic E-state index is 0.841. The summed E-state index contributed by atoms with van der Waals surface area (Å²) in [6.07, 6.45) is 2.94. The number of hydrogen-bond donors (Lipinski definition) is 2. The summed E-state index contributed by atoms with van der Waals surface area (Å²) in [4.78, 5) is 10.3. The van der Waals surface area contributed by atoms with Crippen molar-refractivity contribution in [3.05, 3.63) is 33.0 Å². The molecule has 0 aliphatic rings. The Hall–Kier alpha value is -1.89. The molecule has 2 aromatic heterocycles. The Morgan fingerprint density at radius 1 is 1.24 bits per heavy atom. The summed E-state index contributed by atoms with van der Waals surface area (Å²) in [5, 5.41) is 12.4. The number of aryl methyl sites for hydroxylation is 5. The van der Waals surface area contributed by atoms with Crippen LogP contribution in [0.3, 0.4) is 0 Å². The van der Waals surface area contributed by atoms with Gasteiger partial charge in [0.2, 0.25) is 0 Å². The van der Waals surface area contributed by atoms with Gasteiger partial charge in [-0.2, -0.15) is 5.10 Å². The highest BCUT2D eigenvalue weighted by molar-refractivity contribution is 7.11. The van der Waals surface area contributed by atoms with Gasteiger partial charge >= 0.3 is 0 Å². The van der Waals surface area contributed by atoms with E-state index < -0.39 is 0 Å². The van der Waals surface area contributed by atoms with Crippen LogP contribution in [0, 0.1) is 20.8 Å². The van der Waals surface area contributed by atoms with Crippen LogP contribution in [0.2, 0.25) is 0 Å². The number of guanidine groups is 1. The third-order valence-electron chi connectivity index (χ3n) is 4.07. The molecular formula is C18H30N6S. The first kappa shape index (κ1) is 19.4. The molecular weight excluding hydrogens is 332 g/mol. The summed E-state index contributed by atoms with van der Waals surface area (Å²) in [5.41, 5.74) is 3.52. The fourth-order valence-corrected chi connectivity index (χ4v) is 3.79. The van der Waals surface area contributed by atoms with Crippen molar-refractivity contribution in [1.82, 2.24) is 25.4 Å². The smallest absolute Gasteiger partial charge is 0.190 e. The molecule has 138 valence electrons. The molecule has 2 aromatic rings. The average Bonchev–Trinajstić information content (AvgIpc) is 3.10. The monoisotopic (exact) mass is 362 g/mol. The van der Waals surface area contributed by atoms with Crippen molar-refractivity contribution in [3.8, 4) is 0 Å². The van der Waals surface area contributed by atoms with E-state index in [4.69, 9.17) is 0 Å². The third kappa shape index (κ3) is 5.85. The first-order valence-electron chi connectivity index (χ1n) is 8.94. The zero-order valence-electron chi connectivity index (χ0n) is 16.0. The molecule has 0 aromatic carbocycles. The largest absolute Gasteiger partial charge is 0.356 e. The number of nitrogens with zero attached hydrogens (tertiary/aromatic N) is 4. The Kier molecular flexibility index (Phi) is 7.43. The zero-order chi connectivity index (χ0) is 18.2. The minimum Gasteiger partial charge on any atom is -0.356 e. The van der Waals surface area contributed by atoms with Crippen LogP contribution in [0.1, 0.15) is 40.3 Å². The molecule has 0 aliphatic carbocycles. The van der Waals surface area contributed by atoms with E-state index in [-0.39, 0.29) is 0 Å². The maximum atomic E-state index is 4.68. The summed E-state index contributed by atoms with van der Waals surface area (Å²) < 4.78 is 2.06. The highest BCUT2D eigenvalue weighted by Crippen LogP contribution is 2.17. The van der Waals surface area contributed by atoms with Gasteiger partial charge in [-0.3, -0.25) is 9.67 Å². The van der Waals surface area contributed by atoms with E-state index in [0.29, 0.717) is 0 Å². The van der Waals surface area contributed by atoms with Gasteiger partial charge in [-0.25, -0.2) is 4.98 Å². The van der Waals surface area contributed by atoms with Gasteiger partial charge < -0.3 is 10.6 Å². The highest BCUT2D eigenvalue weighted by atomic mass is 32.1. The predicted molar refractivity (Wildman–Crippen MR) is 106 cm³/mol. The first-order valence-corrected chi connectivity index (χ1v) is 9.75. The number of nitrogens with one attached hydrogen (secondary N) is 2. The van der Waals surface area contributed by atoms with Gasteiger partial charge in [-0.15, -0.1) is 11.3 Å². The predicted octanol–water partition coefficient (Wildman–Crippen LogP) is 2.63. The highest BCUT2D eigenvalue weighted by Gasteiger charge is 2.06. The molecule has 0 fully saturated rings. The van der Waals surface area contributed by atoms with Gasteiger partial charge in [0.1, 0.15) is 0 Å². The molecule has 0 bridgehead atoms. The standard InChI is InChI=1S/C18H30N6S/c1-6-16-15(4)25-17(22-16)8-10-21-18(19-5)20-9-7-11-24-14(3)12-13(2)23-24/h12H,6-11H2,1-5H3,(H2,19,20,21). The number of aliphatic imine (C=N–C) groups is 1. The van der Waals surface area contributed by atoms with Crippen molar-refractivity contribution >= 4 is 17.3 Å². The lowest BCUT2D eigenvalue weighted by Gasteiger charge is -2.11. The van der Waals surface area contributed by atoms with Crippen LogP contribution in [0.5, 0.6) is 0 Å². The number of hydrogen-bond acceptors (Lipinski definition) is 4. The van der Waals surface area contributed by atoms with Crippen LogP contribution in [-0.2, 0) is 19.4 Å². The van der Waals surface area contributed by atoms with Crippen molar-refractivity contribution in [2.75, 3.05) is 20.1 Å². The maximum Gasteiger partial charge on any atom is 0.190 e. The van der Waals surface area contributed by atoms with Crippen molar-refractivity contribution < 1.29 is 0 Å². The van der Waals surface area contributed by atoms with Crippen LogP contribution >= 0.6 is 11.3 Å². The summed E-state index contributed by atoms with van der Waals surface area (Å²) in [6, 6.07) is 2.11. The van der Waals surface area contributed by atoms with Gasteiger partial charge in [0.05, 0.1) is 16.4 Å². The molecule has 6 nitrogen and oxygen atoms in total. The van der Waals surface area contributed by atoms with Crippen LogP contribution in [0.25, 0.3) is 0 Å². The number of thiazole rings is 1. The quantitative estimate of drug-likeness (QED) is 0.430. The molecule has 0 radical (unpaired) electrons. The van der Waals surface area contributed by atoms with E-state index in [1.807, 2.05) is 6.92 Å². The van der Waals surface area contributed by atoms with E-state index >= 15 is 0 Å². The third-order valence-corrected chi connectivity index (χ3v) is 5.14. The molecule has 0 saturated heterocycles. The second kappa shape index (κ2) is 9.56. The van der Waals surface area contributed by atoms with E-state index in [2.05, 4.69) is 57.2 Å². The molecule has 2 rings (SSSR count). The van der Waals surface area contributed by atoms with Crippen molar-refractivity contribution in [1.29, 1.82) is 0 Å². The van der Waals surface area contributed by atoms with Crippen molar-refractivity contribution in [2.24, 2.45) is 4.99 Å². The SMILES string of the molecule is CCc1nc(CCNC(=NC)NCCCn2nc(C)cc2C)sc1C. The van der Waals surface area contributed by atoms with Crippen LogP contribution in [0.4, 0.5) is 0 Å². The van der Waals surface area contributed by atoms with Crippen molar-refractivity contribution in [3.63, 3.8) is 0 Å². The molecule has 0 aliphatic heterocycles. The second-order valence-electron chi connectivity index (χ2n) is 6.14. The van der Waals surface area contributed by atoms with Crippen molar-refractivity contribution in [2.45, 2.75) is 53.5 Å². The Morgan fingerprint density at radius 2 is 2.00 bits per heavy atom. The van der Waals surface area contributed by atoms with Crippen LogP contribution < -0.4 is 10.6 Å². The lowest BCUT2D eigenvalue weighted by molar-refractivity contribution is 0.555. The topological polar surface area (TPSA) is 67.1 Å². The average molecular weight is 363 g/mol. The van der Waals surface area contributed by atoms with Gasteiger partial charge in [0, 0.05) is 43.7 Å². The molecule has 2 N–H and O–H groups in total. The zero-order valence-corrected chi connectivity index (χ0v) is 16.8. The minimum absolute atomic E-state index is 0.841. The lowest BCUT2D eigenvalue weighted by Crippen LogP contribution is -2.39. The molecule has 0 spiro atoms. The van der Waals surface area contributed by atoms with Gasteiger partial charge in [0.15, 0.2) is 5.96 Å². The molecule has 2 heterocycles. The van der Waals surface area contributed by atoms with E-state index in [9.17, 15) is 0 Å². The number of rotatable bonds is 8. The molecule has 0 amide bonds.